The first-order valence-electron chi connectivity index (χ1n) is 8.68. The number of carbonyl (C=O) groups is 1. The van der Waals surface area contributed by atoms with Crippen molar-refractivity contribution in [2.24, 2.45) is 0 Å². The van der Waals surface area contributed by atoms with E-state index in [0.29, 0.717) is 15.1 Å². The van der Waals surface area contributed by atoms with E-state index in [1.807, 2.05) is 0 Å². The molecule has 0 radical (unpaired) electrons. The number of carbonyl (C=O) groups excluding carboxylic acids is 1. The van der Waals surface area contributed by atoms with Crippen molar-refractivity contribution in [1.82, 2.24) is 14.7 Å². The van der Waals surface area contributed by atoms with Crippen LogP contribution < -0.4 is 14.8 Å². The molecule has 11 heteroatoms. The normalized spacial score (nSPS) is 14.9. The maximum Gasteiger partial charge on any atom is 0.418 e. The zero-order chi connectivity index (χ0) is 21.6. The number of aliphatic hydroxyl groups excluding tert-OH is 1. The molecule has 1 amide bonds. The highest BCUT2D eigenvalue weighted by atomic mass is 79.9. The van der Waals surface area contributed by atoms with Crippen LogP contribution in [0.2, 0.25) is 0 Å². The average molecular weight is 487 g/mol. The van der Waals surface area contributed by atoms with Crippen LogP contribution in [0.15, 0.2) is 39.8 Å². The number of hydrogen-bond acceptors (Lipinski definition) is 8. The Labute approximate surface area is 178 Å². The third-order valence-corrected chi connectivity index (χ3v) is 5.78. The SMILES string of the molecule is C=S(=O)(NC(=O)OCC)c1ccc(Nc2ncc(Br)c(O[C@H](C)[C@@H](C)O)n2)cc1. The molecule has 1 aromatic heterocycles. The molecule has 1 aromatic carbocycles. The van der Waals surface area contributed by atoms with Crippen molar-refractivity contribution < 1.29 is 23.6 Å². The molecule has 0 aliphatic carbocycles. The van der Waals surface area contributed by atoms with Crippen LogP contribution in [0.5, 0.6) is 5.88 Å². The minimum Gasteiger partial charge on any atom is -0.471 e. The Bertz CT molecular complexity index is 951. The highest BCUT2D eigenvalue weighted by molar-refractivity contribution is 9.10. The van der Waals surface area contributed by atoms with Gasteiger partial charge in [0, 0.05) is 10.6 Å². The van der Waals surface area contributed by atoms with Crippen molar-refractivity contribution in [3.8, 4) is 5.88 Å². The Morgan fingerprint density at radius 1 is 1.34 bits per heavy atom. The number of nitrogens with one attached hydrogen (secondary N) is 2. The number of hydrogen-bond donors (Lipinski definition) is 3. The summed E-state index contributed by atoms with van der Waals surface area (Å²) in [6.45, 7) is 5.17. The number of rotatable bonds is 8. The van der Waals surface area contributed by atoms with Gasteiger partial charge in [-0.05, 0) is 66.8 Å². The molecular weight excluding hydrogens is 464 g/mol. The van der Waals surface area contributed by atoms with Crippen molar-refractivity contribution in [3.05, 3.63) is 34.9 Å². The molecule has 0 saturated heterocycles. The zero-order valence-electron chi connectivity index (χ0n) is 16.2. The summed E-state index contributed by atoms with van der Waals surface area (Å²) in [4.78, 5) is 20.3. The summed E-state index contributed by atoms with van der Waals surface area (Å²) in [5.74, 6) is 4.12. The Kier molecular flexibility index (Phi) is 7.82. The van der Waals surface area contributed by atoms with E-state index in [9.17, 15) is 14.1 Å². The number of nitrogens with zero attached hydrogens (tertiary/aromatic N) is 2. The van der Waals surface area contributed by atoms with E-state index in [4.69, 9.17) is 9.47 Å². The molecule has 0 aliphatic heterocycles. The van der Waals surface area contributed by atoms with Gasteiger partial charge in [-0.2, -0.15) is 4.98 Å². The lowest BCUT2D eigenvalue weighted by Gasteiger charge is -2.17. The smallest absolute Gasteiger partial charge is 0.418 e. The minimum absolute atomic E-state index is 0.166. The summed E-state index contributed by atoms with van der Waals surface area (Å²) in [7, 11) is -3.04. The van der Waals surface area contributed by atoms with Gasteiger partial charge in [-0.15, -0.1) is 0 Å². The quantitative estimate of drug-likeness (QED) is 0.486. The molecule has 2 aromatic rings. The van der Waals surface area contributed by atoms with Crippen molar-refractivity contribution in [2.45, 2.75) is 37.9 Å². The molecule has 0 aliphatic rings. The van der Waals surface area contributed by atoms with Crippen LogP contribution in [-0.4, -0.2) is 50.1 Å². The summed E-state index contributed by atoms with van der Waals surface area (Å²) in [6.07, 6.45) is -0.385. The Morgan fingerprint density at radius 2 is 2.00 bits per heavy atom. The summed E-state index contributed by atoms with van der Waals surface area (Å²) < 4.78 is 25.7. The van der Waals surface area contributed by atoms with Crippen molar-refractivity contribution >= 4 is 49.2 Å². The molecule has 1 heterocycles. The van der Waals surface area contributed by atoms with Gasteiger partial charge in [-0.25, -0.2) is 18.7 Å². The van der Waals surface area contributed by atoms with Crippen molar-refractivity contribution in [2.75, 3.05) is 11.9 Å². The predicted molar refractivity (Wildman–Crippen MR) is 115 cm³/mol. The molecule has 3 atom stereocenters. The Hall–Kier alpha value is -2.37. The van der Waals surface area contributed by atoms with Crippen molar-refractivity contribution in [1.29, 1.82) is 0 Å². The van der Waals surface area contributed by atoms with Gasteiger partial charge < -0.3 is 19.9 Å². The second-order valence-corrected chi connectivity index (χ2v) is 8.94. The summed E-state index contributed by atoms with van der Waals surface area (Å²) in [5, 5.41) is 12.6. The molecule has 1 unspecified atom stereocenters. The van der Waals surface area contributed by atoms with Gasteiger partial charge in [-0.3, -0.25) is 0 Å². The van der Waals surface area contributed by atoms with E-state index in [1.165, 1.54) is 6.20 Å². The average Bonchev–Trinajstić information content (AvgIpc) is 2.64. The third kappa shape index (κ3) is 6.58. The van der Waals surface area contributed by atoms with E-state index >= 15 is 0 Å². The zero-order valence-corrected chi connectivity index (χ0v) is 18.6. The maximum absolute atomic E-state index is 12.6. The van der Waals surface area contributed by atoms with E-state index < -0.39 is 28.0 Å². The molecule has 0 fully saturated rings. The van der Waals surface area contributed by atoms with E-state index in [-0.39, 0.29) is 18.4 Å². The molecule has 2 rings (SSSR count). The maximum atomic E-state index is 12.6. The number of halogens is 1. The van der Waals surface area contributed by atoms with Crippen molar-refractivity contribution in [3.63, 3.8) is 0 Å². The van der Waals surface area contributed by atoms with Crippen LogP contribution in [0.3, 0.4) is 0 Å². The lowest BCUT2D eigenvalue weighted by molar-refractivity contribution is 0.0569. The van der Waals surface area contributed by atoms with Crippen LogP contribution >= 0.6 is 15.9 Å². The summed E-state index contributed by atoms with van der Waals surface area (Å²) in [6, 6.07) is 6.43. The first-order valence-corrected chi connectivity index (χ1v) is 11.2. The van der Waals surface area contributed by atoms with Gasteiger partial charge in [0.2, 0.25) is 11.8 Å². The molecule has 0 saturated carbocycles. The van der Waals surface area contributed by atoms with Gasteiger partial charge in [0.25, 0.3) is 0 Å². The fraction of sp³-hybridized carbons (Fsp3) is 0.333. The molecule has 29 heavy (non-hydrogen) atoms. The predicted octanol–water partition coefficient (Wildman–Crippen LogP) is 2.87. The van der Waals surface area contributed by atoms with Crippen LogP contribution in [0.4, 0.5) is 16.4 Å². The number of anilines is 2. The number of ether oxygens (including phenoxy) is 2. The highest BCUT2D eigenvalue weighted by Crippen LogP contribution is 2.25. The number of benzene rings is 1. The van der Waals surface area contributed by atoms with Gasteiger partial charge in [0.05, 0.1) is 33.1 Å². The van der Waals surface area contributed by atoms with E-state index in [1.54, 1.807) is 45.0 Å². The van der Waals surface area contributed by atoms with Gasteiger partial charge in [-0.1, -0.05) is 0 Å². The summed E-state index contributed by atoms with van der Waals surface area (Å²) in [5.41, 5.74) is 0.622. The van der Waals surface area contributed by atoms with E-state index in [2.05, 4.69) is 41.8 Å². The molecular formula is C18H23BrN4O5S. The van der Waals surface area contributed by atoms with E-state index in [0.717, 1.165) is 0 Å². The fourth-order valence-electron chi connectivity index (χ4n) is 2.01. The van der Waals surface area contributed by atoms with Crippen LogP contribution in [0.1, 0.15) is 20.8 Å². The highest BCUT2D eigenvalue weighted by Gasteiger charge is 2.15. The first kappa shape index (κ1) is 22.9. The topological polar surface area (TPSA) is 123 Å². The second-order valence-electron chi connectivity index (χ2n) is 6.06. The summed E-state index contributed by atoms with van der Waals surface area (Å²) >= 11 is 3.31. The Morgan fingerprint density at radius 3 is 2.59 bits per heavy atom. The molecule has 158 valence electrons. The van der Waals surface area contributed by atoms with Crippen LogP contribution in [-0.2, 0) is 14.4 Å². The molecule has 0 bridgehead atoms. The van der Waals surface area contributed by atoms with Gasteiger partial charge in [0.1, 0.15) is 6.10 Å². The lowest BCUT2D eigenvalue weighted by Crippen LogP contribution is -2.30. The van der Waals surface area contributed by atoms with Gasteiger partial charge >= 0.3 is 6.09 Å². The lowest BCUT2D eigenvalue weighted by atomic mass is 10.3. The molecule has 9 nitrogen and oxygen atoms in total. The number of aromatic nitrogens is 2. The number of amides is 1. The van der Waals surface area contributed by atoms with Crippen LogP contribution in [0, 0.1) is 0 Å². The monoisotopic (exact) mass is 486 g/mol. The minimum atomic E-state index is -3.04. The molecule has 3 N–H and O–H groups in total. The van der Waals surface area contributed by atoms with Gasteiger partial charge in [0.15, 0.2) is 0 Å². The second kappa shape index (κ2) is 9.90. The molecule has 0 spiro atoms. The number of aliphatic hydroxyl groups is 1. The standard InChI is InChI=1S/C18H23BrN4O5S/c1-5-27-18(25)23-29(4,26)14-8-6-13(7-9-14)21-17-20-10-15(19)16(22-17)28-12(3)11(2)24/h6-12,24H,4-5H2,1-3H3,(H,20,21,22)(H,23,25,26)/t11-,12-,29?/m1/s1. The third-order valence-electron chi connectivity index (χ3n) is 3.70. The van der Waals surface area contributed by atoms with Crippen LogP contribution in [0.25, 0.3) is 0 Å². The Balaban J connectivity index is 2.13. The largest absolute Gasteiger partial charge is 0.471 e. The fourth-order valence-corrected chi connectivity index (χ4v) is 3.32. The first-order chi connectivity index (χ1) is 13.6.